The van der Waals surface area contributed by atoms with Crippen molar-refractivity contribution in [3.05, 3.63) is 29.8 Å². The van der Waals surface area contributed by atoms with Gasteiger partial charge in [0.15, 0.2) is 0 Å². The molecule has 0 saturated carbocycles. The molecule has 0 aliphatic carbocycles. The van der Waals surface area contributed by atoms with Crippen molar-refractivity contribution < 1.29 is 17.9 Å². The Bertz CT molecular complexity index is 615. The number of benzene rings is 1. The molecule has 0 fully saturated rings. The van der Waals surface area contributed by atoms with Crippen molar-refractivity contribution in [2.45, 2.75) is 37.8 Å². The average Bonchev–Trinajstić information content (AvgIpc) is 2.52. The monoisotopic (exact) mass is 357 g/mol. The fraction of sp³-hybridized carbons (Fsp3) is 0.562. The van der Waals surface area contributed by atoms with E-state index in [9.17, 15) is 13.2 Å². The molecule has 1 rings (SSSR count). The van der Waals surface area contributed by atoms with Crippen LogP contribution in [-0.4, -0.2) is 40.6 Å². The van der Waals surface area contributed by atoms with Crippen LogP contribution in [0.2, 0.25) is 0 Å². The molecule has 136 valence electrons. The summed E-state index contributed by atoms with van der Waals surface area (Å²) in [6, 6.07) is 5.81. The van der Waals surface area contributed by atoms with Crippen molar-refractivity contribution in [1.82, 2.24) is 10.0 Å². The van der Waals surface area contributed by atoms with Crippen LogP contribution in [0.5, 0.6) is 0 Å². The predicted molar refractivity (Wildman–Crippen MR) is 92.8 cm³/mol. The zero-order valence-electron chi connectivity index (χ0n) is 14.4. The van der Waals surface area contributed by atoms with Gasteiger partial charge in [-0.15, -0.1) is 0 Å². The molecule has 0 radical (unpaired) electrons. The van der Waals surface area contributed by atoms with Crippen LogP contribution < -0.4 is 15.8 Å². The Labute approximate surface area is 144 Å². The maximum absolute atomic E-state index is 12.0. The minimum absolute atomic E-state index is 0.171. The van der Waals surface area contributed by atoms with Crippen molar-refractivity contribution in [1.29, 1.82) is 0 Å². The third-order valence-corrected chi connectivity index (χ3v) is 4.84. The van der Waals surface area contributed by atoms with Crippen LogP contribution >= 0.6 is 0 Å². The largest absolute Gasteiger partial charge is 0.383 e. The summed E-state index contributed by atoms with van der Waals surface area (Å²) in [4.78, 5) is 12.0. The van der Waals surface area contributed by atoms with E-state index in [2.05, 4.69) is 10.0 Å². The fourth-order valence-electron chi connectivity index (χ4n) is 2.08. The number of rotatable bonds is 10. The molecule has 0 unspecified atom stereocenters. The second-order valence-electron chi connectivity index (χ2n) is 5.99. The van der Waals surface area contributed by atoms with E-state index in [1.54, 1.807) is 12.1 Å². The highest BCUT2D eigenvalue weighted by molar-refractivity contribution is 7.89. The molecule has 7 nitrogen and oxygen atoms in total. The summed E-state index contributed by atoms with van der Waals surface area (Å²) in [5.41, 5.74) is 6.61. The highest BCUT2D eigenvalue weighted by Crippen LogP contribution is 2.10. The Morgan fingerprint density at radius 3 is 2.42 bits per heavy atom. The topological polar surface area (TPSA) is 111 Å². The van der Waals surface area contributed by atoms with E-state index >= 15 is 0 Å². The van der Waals surface area contributed by atoms with Gasteiger partial charge in [0.1, 0.15) is 0 Å². The van der Waals surface area contributed by atoms with Crippen LogP contribution in [0.1, 0.15) is 25.8 Å². The summed E-state index contributed by atoms with van der Waals surface area (Å²) >= 11 is 0. The number of ether oxygens (including phenoxy) is 1. The molecule has 0 aromatic heterocycles. The van der Waals surface area contributed by atoms with E-state index in [1.807, 2.05) is 13.8 Å². The summed E-state index contributed by atoms with van der Waals surface area (Å²) in [6.07, 6.45) is 0.621. The smallest absolute Gasteiger partial charge is 0.240 e. The first-order valence-electron chi connectivity index (χ1n) is 7.87. The van der Waals surface area contributed by atoms with Crippen molar-refractivity contribution in [3.63, 3.8) is 0 Å². The van der Waals surface area contributed by atoms with Crippen LogP contribution in [0.25, 0.3) is 0 Å². The Morgan fingerprint density at radius 1 is 1.25 bits per heavy atom. The second-order valence-corrected chi connectivity index (χ2v) is 7.76. The van der Waals surface area contributed by atoms with Crippen LogP contribution in [0.3, 0.4) is 0 Å². The molecule has 24 heavy (non-hydrogen) atoms. The molecule has 0 saturated heterocycles. The molecular formula is C16H27N3O4S. The van der Waals surface area contributed by atoms with E-state index < -0.39 is 16.1 Å². The number of methoxy groups -OCH3 is 1. The van der Waals surface area contributed by atoms with Gasteiger partial charge in [0.25, 0.3) is 0 Å². The molecule has 0 spiro atoms. The van der Waals surface area contributed by atoms with Crippen molar-refractivity contribution in [2.24, 2.45) is 11.7 Å². The summed E-state index contributed by atoms with van der Waals surface area (Å²) in [5, 5.41) is 2.76. The van der Waals surface area contributed by atoms with Gasteiger partial charge in [-0.2, -0.15) is 0 Å². The number of hydrogen-bond acceptors (Lipinski definition) is 5. The Kier molecular flexibility index (Phi) is 8.34. The van der Waals surface area contributed by atoms with Gasteiger partial charge in [-0.05, 0) is 30.0 Å². The molecule has 0 aliphatic rings. The highest BCUT2D eigenvalue weighted by Gasteiger charge is 2.15. The molecule has 0 heterocycles. The lowest BCUT2D eigenvalue weighted by atomic mass is 10.0. The third kappa shape index (κ3) is 6.96. The highest BCUT2D eigenvalue weighted by atomic mass is 32.2. The van der Waals surface area contributed by atoms with E-state index in [0.29, 0.717) is 25.5 Å². The lowest BCUT2D eigenvalue weighted by molar-refractivity contribution is -0.122. The third-order valence-electron chi connectivity index (χ3n) is 3.36. The lowest BCUT2D eigenvalue weighted by Crippen LogP contribution is -2.41. The summed E-state index contributed by atoms with van der Waals surface area (Å²) in [6.45, 7) is 4.84. The van der Waals surface area contributed by atoms with Gasteiger partial charge in [0.2, 0.25) is 15.9 Å². The Morgan fingerprint density at radius 2 is 1.88 bits per heavy atom. The van der Waals surface area contributed by atoms with Gasteiger partial charge in [-0.25, -0.2) is 13.1 Å². The Balaban J connectivity index is 2.57. The fourth-order valence-corrected chi connectivity index (χ4v) is 3.10. The number of nitrogens with one attached hydrogen (secondary N) is 2. The van der Waals surface area contributed by atoms with Crippen LogP contribution in [0.15, 0.2) is 29.2 Å². The van der Waals surface area contributed by atoms with Crippen molar-refractivity contribution in [2.75, 3.05) is 20.3 Å². The zero-order chi connectivity index (χ0) is 18.2. The summed E-state index contributed by atoms with van der Waals surface area (Å²) in [7, 11) is -2.04. The predicted octanol–water partition coefficient (Wildman–Crippen LogP) is 0.601. The second kappa shape index (κ2) is 9.73. The zero-order valence-corrected chi connectivity index (χ0v) is 15.2. The number of sulfonamides is 1. The minimum atomic E-state index is -3.54. The van der Waals surface area contributed by atoms with E-state index in [4.69, 9.17) is 10.5 Å². The number of hydrogen-bond donors (Lipinski definition) is 3. The molecular weight excluding hydrogens is 330 g/mol. The summed E-state index contributed by atoms with van der Waals surface area (Å²) < 4.78 is 31.3. The first-order valence-corrected chi connectivity index (χ1v) is 9.35. The van der Waals surface area contributed by atoms with Gasteiger partial charge in [-0.3, -0.25) is 4.79 Å². The van der Waals surface area contributed by atoms with Crippen LogP contribution in [0, 0.1) is 5.92 Å². The molecule has 8 heteroatoms. The number of carbonyl (C=O) groups is 1. The molecule has 1 amide bonds. The number of carbonyl (C=O) groups excluding carboxylic acids is 1. The number of amides is 1. The van der Waals surface area contributed by atoms with Crippen molar-refractivity contribution in [3.8, 4) is 0 Å². The maximum atomic E-state index is 12.0. The maximum Gasteiger partial charge on any atom is 0.240 e. The van der Waals surface area contributed by atoms with Crippen LogP contribution in [0.4, 0.5) is 0 Å². The van der Waals surface area contributed by atoms with Crippen LogP contribution in [-0.2, 0) is 26.1 Å². The van der Waals surface area contributed by atoms with Gasteiger partial charge < -0.3 is 15.8 Å². The van der Waals surface area contributed by atoms with Gasteiger partial charge >= 0.3 is 0 Å². The average molecular weight is 357 g/mol. The SMILES string of the molecule is COCCNS(=O)(=O)c1ccc(CNC(=O)[C@@H](N)CC(C)C)cc1. The van der Waals surface area contributed by atoms with Crippen molar-refractivity contribution >= 4 is 15.9 Å². The molecule has 0 bridgehead atoms. The molecule has 1 aromatic rings. The normalized spacial score (nSPS) is 13.0. The lowest BCUT2D eigenvalue weighted by Gasteiger charge is -2.14. The Hall–Kier alpha value is -1.48. The first kappa shape index (κ1) is 20.6. The van der Waals surface area contributed by atoms with Gasteiger partial charge in [0.05, 0.1) is 17.5 Å². The van der Waals surface area contributed by atoms with E-state index in [-0.39, 0.29) is 17.3 Å². The molecule has 4 N–H and O–H groups in total. The van der Waals surface area contributed by atoms with E-state index in [0.717, 1.165) is 5.56 Å². The van der Waals surface area contributed by atoms with Gasteiger partial charge in [0, 0.05) is 20.2 Å². The number of nitrogens with two attached hydrogens (primary N) is 1. The molecule has 1 aromatic carbocycles. The molecule has 1 atom stereocenters. The standard InChI is InChI=1S/C16H27N3O4S/c1-12(2)10-15(17)16(20)18-11-13-4-6-14(7-5-13)24(21,22)19-8-9-23-3/h4-7,12,15,19H,8-11,17H2,1-3H3,(H,18,20)/t15-/m0/s1. The van der Waals surface area contributed by atoms with Gasteiger partial charge in [-0.1, -0.05) is 26.0 Å². The summed E-state index contributed by atoms with van der Waals surface area (Å²) in [5.74, 6) is 0.141. The van der Waals surface area contributed by atoms with E-state index in [1.165, 1.54) is 19.2 Å². The molecule has 0 aliphatic heterocycles. The first-order chi connectivity index (χ1) is 11.3. The minimum Gasteiger partial charge on any atom is -0.383 e. The quantitative estimate of drug-likeness (QED) is 0.531.